The number of rotatable bonds is 6. The smallest absolute Gasteiger partial charge is 0.310 e. The van der Waals surface area contributed by atoms with Crippen LogP contribution >= 0.6 is 0 Å². The van der Waals surface area contributed by atoms with Crippen molar-refractivity contribution in [1.82, 2.24) is 20.0 Å². The van der Waals surface area contributed by atoms with Gasteiger partial charge >= 0.3 is 5.97 Å². The Morgan fingerprint density at radius 3 is 2.22 bits per heavy atom. The van der Waals surface area contributed by atoms with Gasteiger partial charge in [-0.2, -0.15) is 0 Å². The summed E-state index contributed by atoms with van der Waals surface area (Å²) in [5.74, 6) is 0.580. The molecular formula is C19H35N5O3. The van der Waals surface area contributed by atoms with E-state index in [1.54, 1.807) is 0 Å². The standard InChI is InChI=1S/C19H35N5O3/c1-5-20-19(21-14-15(2)18(26)27-4)24-12-10-22(11-13-24)16(3)17(25)23-8-6-7-9-23/h15-16H,5-14H2,1-4H3,(H,20,21). The van der Waals surface area contributed by atoms with Crippen LogP contribution in [0.3, 0.4) is 0 Å². The molecule has 2 atom stereocenters. The van der Waals surface area contributed by atoms with Crippen LogP contribution in [0.25, 0.3) is 0 Å². The van der Waals surface area contributed by atoms with Gasteiger partial charge in [0.25, 0.3) is 0 Å². The lowest BCUT2D eigenvalue weighted by atomic mass is 10.2. The second-order valence-electron chi connectivity index (χ2n) is 7.35. The number of aliphatic imine (C=N–C) groups is 1. The number of carbonyl (C=O) groups is 2. The zero-order chi connectivity index (χ0) is 19.8. The number of nitrogens with one attached hydrogen (secondary N) is 1. The van der Waals surface area contributed by atoms with E-state index in [-0.39, 0.29) is 23.8 Å². The SMILES string of the molecule is CCNC(=NCC(C)C(=O)OC)N1CCN(C(C)C(=O)N2CCCC2)CC1. The van der Waals surface area contributed by atoms with Crippen LogP contribution in [0.2, 0.25) is 0 Å². The first-order chi connectivity index (χ1) is 13.0. The van der Waals surface area contributed by atoms with Crippen LogP contribution in [0.5, 0.6) is 0 Å². The minimum Gasteiger partial charge on any atom is -0.469 e. The Labute approximate surface area is 162 Å². The number of ether oxygens (including phenoxy) is 1. The van der Waals surface area contributed by atoms with Crippen molar-refractivity contribution in [2.45, 2.75) is 39.7 Å². The van der Waals surface area contributed by atoms with Gasteiger partial charge in [-0.1, -0.05) is 6.92 Å². The van der Waals surface area contributed by atoms with E-state index >= 15 is 0 Å². The summed E-state index contributed by atoms with van der Waals surface area (Å²) in [5, 5.41) is 3.31. The Hall–Kier alpha value is -1.83. The van der Waals surface area contributed by atoms with E-state index in [1.807, 2.05) is 25.7 Å². The maximum atomic E-state index is 12.6. The van der Waals surface area contributed by atoms with Crippen LogP contribution in [0.1, 0.15) is 33.6 Å². The lowest BCUT2D eigenvalue weighted by molar-refractivity contribution is -0.144. The van der Waals surface area contributed by atoms with Gasteiger partial charge in [-0.3, -0.25) is 19.5 Å². The van der Waals surface area contributed by atoms with Crippen molar-refractivity contribution in [3.63, 3.8) is 0 Å². The average Bonchev–Trinajstić information content (AvgIpc) is 3.24. The van der Waals surface area contributed by atoms with E-state index < -0.39 is 0 Å². The third-order valence-corrected chi connectivity index (χ3v) is 5.39. The molecule has 2 saturated heterocycles. The minimum atomic E-state index is -0.261. The van der Waals surface area contributed by atoms with Crippen LogP contribution in [-0.4, -0.2) is 98.0 Å². The Balaban J connectivity index is 1.88. The van der Waals surface area contributed by atoms with Crippen molar-refractivity contribution in [2.75, 3.05) is 59.5 Å². The molecule has 0 aromatic heterocycles. The molecule has 154 valence electrons. The predicted octanol–water partition coefficient (Wildman–Crippen LogP) is 0.390. The molecule has 2 heterocycles. The molecule has 1 amide bonds. The van der Waals surface area contributed by atoms with Crippen LogP contribution in [0, 0.1) is 5.92 Å². The molecule has 0 radical (unpaired) electrons. The predicted molar refractivity (Wildman–Crippen MR) is 106 cm³/mol. The fourth-order valence-electron chi connectivity index (χ4n) is 3.60. The molecule has 8 nitrogen and oxygen atoms in total. The third-order valence-electron chi connectivity index (χ3n) is 5.39. The molecule has 2 aliphatic heterocycles. The van der Waals surface area contributed by atoms with Crippen LogP contribution in [0.15, 0.2) is 4.99 Å². The Morgan fingerprint density at radius 1 is 1.04 bits per heavy atom. The van der Waals surface area contributed by atoms with Gasteiger partial charge in [0.1, 0.15) is 0 Å². The summed E-state index contributed by atoms with van der Waals surface area (Å²) in [6.07, 6.45) is 2.25. The van der Waals surface area contributed by atoms with Gasteiger partial charge in [-0.05, 0) is 26.7 Å². The van der Waals surface area contributed by atoms with Crippen molar-refractivity contribution >= 4 is 17.8 Å². The van der Waals surface area contributed by atoms with Crippen LogP contribution in [-0.2, 0) is 14.3 Å². The van der Waals surface area contributed by atoms with E-state index in [4.69, 9.17) is 4.74 Å². The zero-order valence-corrected chi connectivity index (χ0v) is 17.2. The lowest BCUT2D eigenvalue weighted by Gasteiger charge is -2.39. The second kappa shape index (κ2) is 10.5. The van der Waals surface area contributed by atoms with Gasteiger partial charge in [0.05, 0.1) is 25.6 Å². The fourth-order valence-corrected chi connectivity index (χ4v) is 3.60. The topological polar surface area (TPSA) is 77.5 Å². The Kier molecular flexibility index (Phi) is 8.34. The molecule has 2 aliphatic rings. The fraction of sp³-hybridized carbons (Fsp3) is 0.842. The number of likely N-dealkylation sites (tertiary alicyclic amines) is 1. The van der Waals surface area contributed by atoms with Crippen LogP contribution < -0.4 is 5.32 Å². The van der Waals surface area contributed by atoms with Gasteiger partial charge in [-0.25, -0.2) is 0 Å². The highest BCUT2D eigenvalue weighted by atomic mass is 16.5. The van der Waals surface area contributed by atoms with Crippen molar-refractivity contribution < 1.29 is 14.3 Å². The average molecular weight is 382 g/mol. The van der Waals surface area contributed by atoms with E-state index in [2.05, 4.69) is 20.1 Å². The molecule has 0 bridgehead atoms. The first-order valence-corrected chi connectivity index (χ1v) is 10.1. The molecule has 0 saturated carbocycles. The Bertz CT molecular complexity index is 525. The quantitative estimate of drug-likeness (QED) is 0.407. The van der Waals surface area contributed by atoms with Gasteiger partial charge in [-0.15, -0.1) is 0 Å². The molecule has 2 fully saturated rings. The highest BCUT2D eigenvalue weighted by molar-refractivity contribution is 5.82. The summed E-state index contributed by atoms with van der Waals surface area (Å²) in [7, 11) is 1.40. The lowest BCUT2D eigenvalue weighted by Crippen LogP contribution is -2.57. The second-order valence-corrected chi connectivity index (χ2v) is 7.35. The number of hydrogen-bond acceptors (Lipinski definition) is 5. The molecule has 0 aromatic carbocycles. The van der Waals surface area contributed by atoms with E-state index in [0.29, 0.717) is 6.54 Å². The first-order valence-electron chi connectivity index (χ1n) is 10.1. The molecule has 2 unspecified atom stereocenters. The zero-order valence-electron chi connectivity index (χ0n) is 17.2. The summed E-state index contributed by atoms with van der Waals surface area (Å²) in [5.41, 5.74) is 0. The minimum absolute atomic E-state index is 0.0656. The van der Waals surface area contributed by atoms with E-state index in [0.717, 1.165) is 64.6 Å². The molecule has 27 heavy (non-hydrogen) atoms. The summed E-state index contributed by atoms with van der Waals surface area (Å²) >= 11 is 0. The van der Waals surface area contributed by atoms with Crippen molar-refractivity contribution in [3.05, 3.63) is 0 Å². The van der Waals surface area contributed by atoms with E-state index in [1.165, 1.54) is 7.11 Å². The van der Waals surface area contributed by atoms with Gasteiger partial charge in [0.15, 0.2) is 5.96 Å². The molecule has 0 aromatic rings. The summed E-state index contributed by atoms with van der Waals surface area (Å²) < 4.78 is 4.77. The number of methoxy groups -OCH3 is 1. The number of esters is 1. The maximum absolute atomic E-state index is 12.6. The summed E-state index contributed by atoms with van der Waals surface area (Å²) in [6.45, 7) is 12.1. The highest BCUT2D eigenvalue weighted by Gasteiger charge is 2.30. The monoisotopic (exact) mass is 381 g/mol. The maximum Gasteiger partial charge on any atom is 0.310 e. The molecule has 8 heteroatoms. The van der Waals surface area contributed by atoms with Gasteiger partial charge < -0.3 is 19.9 Å². The molecule has 1 N–H and O–H groups in total. The highest BCUT2D eigenvalue weighted by Crippen LogP contribution is 2.14. The number of amides is 1. The Morgan fingerprint density at radius 2 is 1.67 bits per heavy atom. The van der Waals surface area contributed by atoms with Crippen molar-refractivity contribution in [3.8, 4) is 0 Å². The molecule has 0 aliphatic carbocycles. The number of carbonyl (C=O) groups excluding carboxylic acids is 2. The number of nitrogens with zero attached hydrogens (tertiary/aromatic N) is 4. The largest absolute Gasteiger partial charge is 0.469 e. The van der Waals surface area contributed by atoms with Crippen molar-refractivity contribution in [2.24, 2.45) is 10.9 Å². The first kappa shape index (κ1) is 21.5. The number of guanidine groups is 1. The molecule has 0 spiro atoms. The number of piperazine rings is 1. The van der Waals surface area contributed by atoms with Gasteiger partial charge in [0.2, 0.25) is 5.91 Å². The van der Waals surface area contributed by atoms with Crippen molar-refractivity contribution in [1.29, 1.82) is 0 Å². The van der Waals surface area contributed by atoms with E-state index in [9.17, 15) is 9.59 Å². The summed E-state index contributed by atoms with van der Waals surface area (Å²) in [6, 6.07) is -0.0656. The normalized spacial score (nSPS) is 21.1. The summed E-state index contributed by atoms with van der Waals surface area (Å²) in [4.78, 5) is 35.3. The van der Waals surface area contributed by atoms with Gasteiger partial charge in [0, 0.05) is 45.8 Å². The molecule has 2 rings (SSSR count). The molecular weight excluding hydrogens is 346 g/mol. The van der Waals surface area contributed by atoms with Crippen LogP contribution in [0.4, 0.5) is 0 Å². The third kappa shape index (κ3) is 5.82. The number of hydrogen-bond donors (Lipinski definition) is 1.